The summed E-state index contributed by atoms with van der Waals surface area (Å²) >= 11 is 0. The summed E-state index contributed by atoms with van der Waals surface area (Å²) in [5.41, 5.74) is 0. The van der Waals surface area contributed by atoms with Crippen LogP contribution >= 0.6 is 0 Å². The van der Waals surface area contributed by atoms with E-state index >= 15 is 0 Å². The largest absolute Gasteiger partial charge is 0.310 e. The Morgan fingerprint density at radius 2 is 2.45 bits per heavy atom. The second-order valence-corrected chi connectivity index (χ2v) is 3.01. The molecule has 1 heterocycles. The highest BCUT2D eigenvalue weighted by Crippen LogP contribution is 2.04. The predicted octanol–water partition coefficient (Wildman–Crippen LogP) is 2.26. The smallest absolute Gasteiger partial charge is 0.0284 e. The molecule has 0 radical (unpaired) electrons. The van der Waals surface area contributed by atoms with Gasteiger partial charge in [0.25, 0.3) is 0 Å². The molecule has 1 atom stereocenters. The average molecular weight is 151 g/mol. The van der Waals surface area contributed by atoms with Gasteiger partial charge >= 0.3 is 0 Å². The topological polar surface area (TPSA) is 12.0 Å². The van der Waals surface area contributed by atoms with Crippen molar-refractivity contribution in [2.24, 2.45) is 0 Å². The number of hydrogen-bond donors (Lipinski definition) is 1. The number of allylic oxidation sites excluding steroid dienone is 1. The first-order chi connectivity index (χ1) is 5.43. The first-order valence-electron chi connectivity index (χ1n) is 4.44. The van der Waals surface area contributed by atoms with Gasteiger partial charge in [0.2, 0.25) is 0 Å². The van der Waals surface area contributed by atoms with Gasteiger partial charge in [-0.3, -0.25) is 0 Å². The zero-order valence-electron chi connectivity index (χ0n) is 7.05. The Kier molecular flexibility index (Phi) is 3.99. The Balaban J connectivity index is 2.35. The number of rotatable bonds is 2. The summed E-state index contributed by atoms with van der Waals surface area (Å²) in [6.07, 6.45) is 11.4. The molecule has 62 valence electrons. The lowest BCUT2D eigenvalue weighted by molar-refractivity contribution is 0.553. The van der Waals surface area contributed by atoms with Gasteiger partial charge in [0.1, 0.15) is 0 Å². The third-order valence-corrected chi connectivity index (χ3v) is 1.99. The maximum atomic E-state index is 3.73. The third kappa shape index (κ3) is 3.38. The van der Waals surface area contributed by atoms with Crippen molar-refractivity contribution in [2.45, 2.75) is 31.7 Å². The van der Waals surface area contributed by atoms with E-state index in [4.69, 9.17) is 0 Å². The average Bonchev–Trinajstić information content (AvgIpc) is 1.94. The van der Waals surface area contributed by atoms with Crippen molar-refractivity contribution in [1.82, 2.24) is 5.32 Å². The van der Waals surface area contributed by atoms with Crippen LogP contribution in [0.2, 0.25) is 0 Å². The van der Waals surface area contributed by atoms with E-state index in [0.717, 1.165) is 13.0 Å². The molecule has 0 bridgehead atoms. The lowest BCUT2D eigenvalue weighted by atomic mass is 10.1. The minimum absolute atomic E-state index is 0.535. The molecule has 0 fully saturated rings. The molecular weight excluding hydrogens is 134 g/mol. The molecule has 0 amide bonds. The molecule has 1 aliphatic heterocycles. The fraction of sp³-hybridized carbons (Fsp3) is 0.600. The molecule has 1 nitrogen and oxygen atoms in total. The first kappa shape index (κ1) is 8.54. The van der Waals surface area contributed by atoms with Crippen LogP contribution in [0.1, 0.15) is 25.7 Å². The molecule has 1 N–H and O–H groups in total. The third-order valence-electron chi connectivity index (χ3n) is 1.99. The SMILES string of the molecule is C=CC[C@@H]1/C=C\CCCCN1. The molecule has 0 saturated heterocycles. The van der Waals surface area contributed by atoms with Gasteiger partial charge in [0.05, 0.1) is 0 Å². The standard InChI is InChI=1S/C10H17N/c1-2-7-10-8-5-3-4-6-9-11-10/h2,5,8,10-11H,1,3-4,6-7,9H2/b8-5-/t10-/m1/s1. The summed E-state index contributed by atoms with van der Waals surface area (Å²) < 4.78 is 0. The Morgan fingerprint density at radius 1 is 1.55 bits per heavy atom. The first-order valence-corrected chi connectivity index (χ1v) is 4.44. The zero-order valence-corrected chi connectivity index (χ0v) is 7.05. The molecule has 0 aliphatic carbocycles. The highest BCUT2D eigenvalue weighted by atomic mass is 14.9. The van der Waals surface area contributed by atoms with Gasteiger partial charge in [-0.05, 0) is 32.2 Å². The van der Waals surface area contributed by atoms with Crippen molar-refractivity contribution in [1.29, 1.82) is 0 Å². The highest BCUT2D eigenvalue weighted by Gasteiger charge is 2.02. The van der Waals surface area contributed by atoms with Crippen molar-refractivity contribution in [3.63, 3.8) is 0 Å². The monoisotopic (exact) mass is 151 g/mol. The predicted molar refractivity (Wildman–Crippen MR) is 49.6 cm³/mol. The molecule has 0 spiro atoms. The maximum absolute atomic E-state index is 3.73. The van der Waals surface area contributed by atoms with Gasteiger partial charge in [-0.2, -0.15) is 0 Å². The van der Waals surface area contributed by atoms with Crippen LogP contribution in [0, 0.1) is 0 Å². The van der Waals surface area contributed by atoms with Crippen molar-refractivity contribution in [3.05, 3.63) is 24.8 Å². The van der Waals surface area contributed by atoms with Crippen LogP contribution in [0.25, 0.3) is 0 Å². The summed E-state index contributed by atoms with van der Waals surface area (Å²) in [6, 6.07) is 0.535. The molecule has 0 aromatic heterocycles. The van der Waals surface area contributed by atoms with Crippen molar-refractivity contribution in [2.75, 3.05) is 6.54 Å². The van der Waals surface area contributed by atoms with Crippen LogP contribution in [0.3, 0.4) is 0 Å². The fourth-order valence-corrected chi connectivity index (χ4v) is 1.34. The van der Waals surface area contributed by atoms with Gasteiger partial charge in [-0.1, -0.05) is 18.2 Å². The minimum Gasteiger partial charge on any atom is -0.310 e. The van der Waals surface area contributed by atoms with Crippen LogP contribution in [0.5, 0.6) is 0 Å². The summed E-state index contributed by atoms with van der Waals surface area (Å²) in [4.78, 5) is 0. The van der Waals surface area contributed by atoms with Gasteiger partial charge in [0, 0.05) is 6.04 Å². The number of hydrogen-bond acceptors (Lipinski definition) is 1. The highest BCUT2D eigenvalue weighted by molar-refractivity contribution is 4.97. The van der Waals surface area contributed by atoms with E-state index in [-0.39, 0.29) is 0 Å². The van der Waals surface area contributed by atoms with Crippen molar-refractivity contribution >= 4 is 0 Å². The lowest BCUT2D eigenvalue weighted by Gasteiger charge is -2.14. The molecule has 1 heteroatoms. The molecule has 0 unspecified atom stereocenters. The van der Waals surface area contributed by atoms with Crippen LogP contribution in [-0.4, -0.2) is 12.6 Å². The molecule has 1 aliphatic rings. The Labute approximate surface area is 69.2 Å². The van der Waals surface area contributed by atoms with E-state index in [1.54, 1.807) is 0 Å². The Bertz CT molecular complexity index is 138. The summed E-state index contributed by atoms with van der Waals surface area (Å²) in [6.45, 7) is 4.89. The summed E-state index contributed by atoms with van der Waals surface area (Å²) in [5, 5.41) is 3.46. The Hall–Kier alpha value is -0.560. The fourth-order valence-electron chi connectivity index (χ4n) is 1.34. The van der Waals surface area contributed by atoms with E-state index in [9.17, 15) is 0 Å². The molecule has 0 saturated carbocycles. The van der Waals surface area contributed by atoms with E-state index in [1.807, 2.05) is 6.08 Å². The zero-order chi connectivity index (χ0) is 7.94. The normalized spacial score (nSPS) is 28.5. The minimum atomic E-state index is 0.535. The van der Waals surface area contributed by atoms with Gasteiger partial charge in [0.15, 0.2) is 0 Å². The molecule has 1 rings (SSSR count). The van der Waals surface area contributed by atoms with Crippen LogP contribution in [0.15, 0.2) is 24.8 Å². The lowest BCUT2D eigenvalue weighted by Crippen LogP contribution is -2.28. The quantitative estimate of drug-likeness (QED) is 0.597. The van der Waals surface area contributed by atoms with E-state index in [0.29, 0.717) is 6.04 Å². The molecule has 0 aromatic rings. The van der Waals surface area contributed by atoms with E-state index in [2.05, 4.69) is 24.0 Å². The number of nitrogens with one attached hydrogen (secondary N) is 1. The molecule has 11 heavy (non-hydrogen) atoms. The molecule has 0 aromatic carbocycles. The summed E-state index contributed by atoms with van der Waals surface area (Å²) in [5.74, 6) is 0. The second kappa shape index (κ2) is 5.14. The van der Waals surface area contributed by atoms with Crippen LogP contribution in [0.4, 0.5) is 0 Å². The van der Waals surface area contributed by atoms with Gasteiger partial charge in [-0.25, -0.2) is 0 Å². The van der Waals surface area contributed by atoms with Gasteiger partial charge in [-0.15, -0.1) is 6.58 Å². The van der Waals surface area contributed by atoms with E-state index in [1.165, 1.54) is 19.3 Å². The van der Waals surface area contributed by atoms with E-state index < -0.39 is 0 Å². The van der Waals surface area contributed by atoms with Crippen molar-refractivity contribution < 1.29 is 0 Å². The molecular formula is C10H17N. The van der Waals surface area contributed by atoms with Gasteiger partial charge < -0.3 is 5.32 Å². The maximum Gasteiger partial charge on any atom is 0.0284 e. The van der Waals surface area contributed by atoms with Crippen LogP contribution < -0.4 is 5.32 Å². The second-order valence-electron chi connectivity index (χ2n) is 3.01. The Morgan fingerprint density at radius 3 is 3.27 bits per heavy atom. The van der Waals surface area contributed by atoms with Crippen molar-refractivity contribution in [3.8, 4) is 0 Å². The summed E-state index contributed by atoms with van der Waals surface area (Å²) in [7, 11) is 0. The van der Waals surface area contributed by atoms with Crippen LogP contribution in [-0.2, 0) is 0 Å².